The fraction of sp³-hybridized carbons (Fsp3) is 0.500. The first-order chi connectivity index (χ1) is 5.64. The van der Waals surface area contributed by atoms with Crippen LogP contribution in [0.2, 0.25) is 5.31 Å². The number of hydrogen-bond donors (Lipinski definition) is 0. The third-order valence-corrected chi connectivity index (χ3v) is 2.14. The van der Waals surface area contributed by atoms with Gasteiger partial charge >= 0.3 is 0 Å². The van der Waals surface area contributed by atoms with Gasteiger partial charge in [-0.05, 0) is 11.7 Å². The zero-order chi connectivity index (χ0) is 9.03. The predicted octanol–water partition coefficient (Wildman–Crippen LogP) is 2.02. The van der Waals surface area contributed by atoms with Crippen LogP contribution in [0.5, 0.6) is 0 Å². The number of aromatic nitrogens is 1. The van der Waals surface area contributed by atoms with E-state index in [-0.39, 0.29) is 5.31 Å². The molecule has 0 saturated heterocycles. The van der Waals surface area contributed by atoms with Crippen LogP contribution in [0.15, 0.2) is 24.4 Å². The van der Waals surface area contributed by atoms with Crippen molar-refractivity contribution in [3.8, 4) is 0 Å². The lowest BCUT2D eigenvalue weighted by Gasteiger charge is -2.20. The molecule has 1 aromatic rings. The number of rotatable bonds is 3. The highest BCUT2D eigenvalue weighted by Gasteiger charge is 2.17. The van der Waals surface area contributed by atoms with E-state index in [2.05, 4.69) is 33.0 Å². The fourth-order valence-corrected chi connectivity index (χ4v) is 0.964. The standard InChI is InChI=1S/C10H15BN/c1-4-10(2,3)11-9-7-5-6-8-12-9/h5-8H,4H2,1-3H3. The number of pyridine rings is 1. The average molecular weight is 160 g/mol. The Morgan fingerprint density at radius 3 is 2.67 bits per heavy atom. The molecule has 0 aliphatic carbocycles. The summed E-state index contributed by atoms with van der Waals surface area (Å²) in [6, 6.07) is 6.00. The topological polar surface area (TPSA) is 12.9 Å². The molecule has 0 N–H and O–H groups in total. The molecule has 1 nitrogen and oxygen atoms in total. The van der Waals surface area contributed by atoms with Gasteiger partial charge in [0.25, 0.3) is 0 Å². The van der Waals surface area contributed by atoms with Crippen LogP contribution in [0, 0.1) is 0 Å². The second-order valence-corrected chi connectivity index (χ2v) is 3.74. The lowest BCUT2D eigenvalue weighted by molar-refractivity contribution is 0.647. The van der Waals surface area contributed by atoms with E-state index in [1.165, 1.54) is 0 Å². The van der Waals surface area contributed by atoms with Gasteiger partial charge in [0.15, 0.2) is 7.28 Å². The van der Waals surface area contributed by atoms with E-state index >= 15 is 0 Å². The van der Waals surface area contributed by atoms with Crippen molar-refractivity contribution in [1.82, 2.24) is 4.98 Å². The molecule has 0 aliphatic rings. The van der Waals surface area contributed by atoms with E-state index < -0.39 is 0 Å². The van der Waals surface area contributed by atoms with Crippen molar-refractivity contribution >= 4 is 12.9 Å². The van der Waals surface area contributed by atoms with E-state index in [0.717, 1.165) is 12.0 Å². The molecule has 63 valence electrons. The molecule has 0 fully saturated rings. The molecule has 0 aliphatic heterocycles. The summed E-state index contributed by atoms with van der Waals surface area (Å²) >= 11 is 0. The Morgan fingerprint density at radius 2 is 2.17 bits per heavy atom. The molecule has 1 aromatic heterocycles. The molecule has 2 heteroatoms. The molecule has 0 saturated carbocycles. The van der Waals surface area contributed by atoms with Crippen molar-refractivity contribution in [1.29, 1.82) is 0 Å². The Morgan fingerprint density at radius 1 is 1.42 bits per heavy atom. The Bertz CT molecular complexity index is 231. The van der Waals surface area contributed by atoms with Gasteiger partial charge in [0, 0.05) is 6.20 Å². The van der Waals surface area contributed by atoms with E-state index in [4.69, 9.17) is 0 Å². The van der Waals surface area contributed by atoms with Crippen LogP contribution in [0.3, 0.4) is 0 Å². The lowest BCUT2D eigenvalue weighted by atomic mass is 9.51. The third kappa shape index (κ3) is 2.69. The molecule has 0 spiro atoms. The molecule has 12 heavy (non-hydrogen) atoms. The summed E-state index contributed by atoms with van der Waals surface area (Å²) in [6.07, 6.45) is 2.97. The van der Waals surface area contributed by atoms with E-state index in [1.54, 1.807) is 0 Å². The summed E-state index contributed by atoms with van der Waals surface area (Å²) in [7, 11) is 2.22. The van der Waals surface area contributed by atoms with Gasteiger partial charge in [0.1, 0.15) is 0 Å². The van der Waals surface area contributed by atoms with E-state index in [1.807, 2.05) is 24.4 Å². The van der Waals surface area contributed by atoms with Crippen molar-refractivity contribution in [2.75, 3.05) is 0 Å². The molecule has 1 heterocycles. The van der Waals surface area contributed by atoms with Gasteiger partial charge in [-0.2, -0.15) is 0 Å². The smallest absolute Gasteiger partial charge is 0.184 e. The molecular weight excluding hydrogens is 145 g/mol. The molecule has 0 amide bonds. The van der Waals surface area contributed by atoms with E-state index in [9.17, 15) is 0 Å². The van der Waals surface area contributed by atoms with Gasteiger partial charge in [0.2, 0.25) is 0 Å². The minimum absolute atomic E-state index is 0.258. The van der Waals surface area contributed by atoms with Crippen LogP contribution >= 0.6 is 0 Å². The lowest BCUT2D eigenvalue weighted by Crippen LogP contribution is -2.27. The summed E-state index contributed by atoms with van der Waals surface area (Å²) in [5.41, 5.74) is 1.07. The third-order valence-electron chi connectivity index (χ3n) is 2.14. The Balaban J connectivity index is 2.64. The molecule has 0 atom stereocenters. The van der Waals surface area contributed by atoms with Crippen LogP contribution in [-0.4, -0.2) is 12.3 Å². The first kappa shape index (κ1) is 9.30. The zero-order valence-corrected chi connectivity index (χ0v) is 8.04. The summed E-state index contributed by atoms with van der Waals surface area (Å²) < 4.78 is 0. The SMILES string of the molecule is CCC(C)(C)[B]c1ccccn1. The van der Waals surface area contributed by atoms with E-state index in [0.29, 0.717) is 0 Å². The molecule has 0 bridgehead atoms. The van der Waals surface area contributed by atoms with Crippen molar-refractivity contribution in [3.05, 3.63) is 24.4 Å². The zero-order valence-electron chi connectivity index (χ0n) is 8.04. The van der Waals surface area contributed by atoms with Crippen LogP contribution in [-0.2, 0) is 0 Å². The van der Waals surface area contributed by atoms with Gasteiger partial charge in [-0.1, -0.05) is 44.6 Å². The normalized spacial score (nSPS) is 11.2. The molecular formula is C10H15BN. The van der Waals surface area contributed by atoms with Crippen LogP contribution < -0.4 is 5.59 Å². The monoisotopic (exact) mass is 160 g/mol. The second-order valence-electron chi connectivity index (χ2n) is 3.74. The molecule has 0 unspecified atom stereocenters. The summed E-state index contributed by atoms with van der Waals surface area (Å²) in [5.74, 6) is 0. The number of hydrogen-bond acceptors (Lipinski definition) is 1. The first-order valence-corrected chi connectivity index (χ1v) is 4.41. The highest BCUT2D eigenvalue weighted by molar-refractivity contribution is 6.55. The minimum atomic E-state index is 0.258. The van der Waals surface area contributed by atoms with Crippen molar-refractivity contribution < 1.29 is 0 Å². The fourth-order valence-electron chi connectivity index (χ4n) is 0.964. The van der Waals surface area contributed by atoms with Gasteiger partial charge in [-0.25, -0.2) is 0 Å². The predicted molar refractivity (Wildman–Crippen MR) is 54.0 cm³/mol. The molecule has 0 aromatic carbocycles. The quantitative estimate of drug-likeness (QED) is 0.616. The molecule has 1 rings (SSSR count). The maximum atomic E-state index is 4.26. The van der Waals surface area contributed by atoms with Crippen LogP contribution in [0.1, 0.15) is 27.2 Å². The summed E-state index contributed by atoms with van der Waals surface area (Å²) in [4.78, 5) is 4.26. The summed E-state index contributed by atoms with van der Waals surface area (Å²) in [5, 5.41) is 0.258. The second kappa shape index (κ2) is 3.75. The van der Waals surface area contributed by atoms with Gasteiger partial charge in [-0.15, -0.1) is 0 Å². The Kier molecular flexibility index (Phi) is 2.91. The van der Waals surface area contributed by atoms with Gasteiger partial charge in [0.05, 0.1) is 0 Å². The largest absolute Gasteiger partial charge is 0.272 e. The highest BCUT2D eigenvalue weighted by Crippen LogP contribution is 2.25. The number of nitrogens with zero attached hydrogens (tertiary/aromatic N) is 1. The summed E-state index contributed by atoms with van der Waals surface area (Å²) in [6.45, 7) is 6.64. The average Bonchev–Trinajstić information content (AvgIpc) is 2.06. The van der Waals surface area contributed by atoms with Crippen molar-refractivity contribution in [2.45, 2.75) is 32.5 Å². The Labute approximate surface area is 75.5 Å². The van der Waals surface area contributed by atoms with Gasteiger partial charge < -0.3 is 0 Å². The highest BCUT2D eigenvalue weighted by atomic mass is 14.6. The van der Waals surface area contributed by atoms with Crippen LogP contribution in [0.25, 0.3) is 0 Å². The minimum Gasteiger partial charge on any atom is -0.272 e. The van der Waals surface area contributed by atoms with Crippen molar-refractivity contribution in [2.24, 2.45) is 0 Å². The van der Waals surface area contributed by atoms with Gasteiger partial charge in [-0.3, -0.25) is 4.98 Å². The van der Waals surface area contributed by atoms with Crippen LogP contribution in [0.4, 0.5) is 0 Å². The molecule has 1 radical (unpaired) electrons. The Hall–Kier alpha value is -0.785. The van der Waals surface area contributed by atoms with Crippen molar-refractivity contribution in [3.63, 3.8) is 0 Å². The maximum Gasteiger partial charge on any atom is 0.184 e. The maximum absolute atomic E-state index is 4.26. The first-order valence-electron chi connectivity index (χ1n) is 4.41.